The summed E-state index contributed by atoms with van der Waals surface area (Å²) >= 11 is 0. The van der Waals surface area contributed by atoms with Crippen molar-refractivity contribution in [1.29, 1.82) is 0 Å². The Labute approximate surface area is 184 Å². The van der Waals surface area contributed by atoms with Gasteiger partial charge in [0.2, 0.25) is 5.91 Å². The number of aliphatic carboxylic acids is 1. The van der Waals surface area contributed by atoms with E-state index in [0.717, 1.165) is 36.8 Å². The maximum Gasteiger partial charge on any atom is 0.303 e. The van der Waals surface area contributed by atoms with Gasteiger partial charge in [0.25, 0.3) is 5.91 Å². The molecule has 3 N–H and O–H groups in total. The standard InChI is InChI=1S/C25H32N2O4/c1-2-3-4-5-9-18-26-25(31)22(16-17-23(28)29)27-24(30)21-14-12-20(13-15-21)19-10-7-6-8-11-19/h6-8,10-15,22H,2-5,9,16-18H2,1H3,(H,26,31)(H,27,30)(H,28,29)/t22-/m0/s1. The number of carbonyl (C=O) groups is 3. The Hall–Kier alpha value is -3.15. The molecule has 0 fully saturated rings. The van der Waals surface area contributed by atoms with Gasteiger partial charge in [0.15, 0.2) is 0 Å². The lowest BCUT2D eigenvalue weighted by atomic mass is 10.0. The molecule has 6 nitrogen and oxygen atoms in total. The smallest absolute Gasteiger partial charge is 0.303 e. The van der Waals surface area contributed by atoms with E-state index >= 15 is 0 Å². The summed E-state index contributed by atoms with van der Waals surface area (Å²) in [7, 11) is 0. The molecule has 166 valence electrons. The van der Waals surface area contributed by atoms with Crippen LogP contribution in [0.1, 0.15) is 62.2 Å². The average molecular weight is 425 g/mol. The number of carbonyl (C=O) groups excluding carboxylic acids is 2. The van der Waals surface area contributed by atoms with Crippen LogP contribution >= 0.6 is 0 Å². The molecule has 2 aromatic carbocycles. The van der Waals surface area contributed by atoms with Crippen LogP contribution in [0.2, 0.25) is 0 Å². The van der Waals surface area contributed by atoms with Crippen molar-refractivity contribution >= 4 is 17.8 Å². The van der Waals surface area contributed by atoms with Crippen LogP contribution < -0.4 is 10.6 Å². The lowest BCUT2D eigenvalue weighted by molar-refractivity contribution is -0.137. The van der Waals surface area contributed by atoms with Gasteiger partial charge in [-0.1, -0.05) is 75.1 Å². The number of amides is 2. The SMILES string of the molecule is CCCCCCCNC(=O)[C@H](CCC(=O)O)NC(=O)c1ccc(-c2ccccc2)cc1. The van der Waals surface area contributed by atoms with E-state index in [0.29, 0.717) is 12.1 Å². The lowest BCUT2D eigenvalue weighted by Crippen LogP contribution is -2.47. The minimum Gasteiger partial charge on any atom is -0.481 e. The van der Waals surface area contributed by atoms with E-state index in [-0.39, 0.29) is 18.7 Å². The molecule has 2 aromatic rings. The number of hydrogen-bond donors (Lipinski definition) is 3. The second-order valence-corrected chi connectivity index (χ2v) is 7.61. The van der Waals surface area contributed by atoms with Gasteiger partial charge in [0.1, 0.15) is 6.04 Å². The first kappa shape index (κ1) is 24.1. The third-order valence-electron chi connectivity index (χ3n) is 5.10. The van der Waals surface area contributed by atoms with Crippen molar-refractivity contribution in [1.82, 2.24) is 10.6 Å². The van der Waals surface area contributed by atoms with Gasteiger partial charge in [-0.25, -0.2) is 0 Å². The Bertz CT molecular complexity index is 834. The molecular weight excluding hydrogens is 392 g/mol. The normalized spacial score (nSPS) is 11.5. The summed E-state index contributed by atoms with van der Waals surface area (Å²) in [6.45, 7) is 2.67. The first-order chi connectivity index (χ1) is 15.0. The summed E-state index contributed by atoms with van der Waals surface area (Å²) < 4.78 is 0. The van der Waals surface area contributed by atoms with Crippen LogP contribution in [-0.4, -0.2) is 35.5 Å². The van der Waals surface area contributed by atoms with Crippen LogP contribution in [0.3, 0.4) is 0 Å². The van der Waals surface area contributed by atoms with Crippen molar-refractivity contribution in [3.8, 4) is 11.1 Å². The second-order valence-electron chi connectivity index (χ2n) is 7.61. The highest BCUT2D eigenvalue weighted by atomic mass is 16.4. The van der Waals surface area contributed by atoms with E-state index in [1.54, 1.807) is 12.1 Å². The molecule has 0 saturated carbocycles. The zero-order valence-corrected chi connectivity index (χ0v) is 18.1. The Morgan fingerprint density at radius 1 is 0.871 bits per heavy atom. The van der Waals surface area contributed by atoms with E-state index in [9.17, 15) is 14.4 Å². The molecule has 0 aliphatic rings. The van der Waals surface area contributed by atoms with Gasteiger partial charge in [-0.05, 0) is 36.1 Å². The van der Waals surface area contributed by atoms with Crippen LogP contribution in [0.25, 0.3) is 11.1 Å². The first-order valence-electron chi connectivity index (χ1n) is 11.0. The fraction of sp³-hybridized carbons (Fsp3) is 0.400. The molecule has 0 unspecified atom stereocenters. The molecule has 6 heteroatoms. The average Bonchev–Trinajstić information content (AvgIpc) is 2.79. The largest absolute Gasteiger partial charge is 0.481 e. The zero-order valence-electron chi connectivity index (χ0n) is 18.1. The summed E-state index contributed by atoms with van der Waals surface area (Å²) in [5, 5.41) is 14.5. The summed E-state index contributed by atoms with van der Waals surface area (Å²) in [5.41, 5.74) is 2.46. The third kappa shape index (κ3) is 8.62. The van der Waals surface area contributed by atoms with Crippen molar-refractivity contribution in [2.45, 2.75) is 57.9 Å². The predicted molar refractivity (Wildman–Crippen MR) is 122 cm³/mol. The number of carboxylic acid groups (broad SMARTS) is 1. The lowest BCUT2D eigenvalue weighted by Gasteiger charge is -2.18. The molecular formula is C25H32N2O4. The van der Waals surface area contributed by atoms with E-state index in [1.165, 1.54) is 6.42 Å². The Balaban J connectivity index is 1.94. The summed E-state index contributed by atoms with van der Waals surface area (Å²) in [5.74, 6) is -1.74. The van der Waals surface area contributed by atoms with E-state index in [4.69, 9.17) is 5.11 Å². The fourth-order valence-electron chi connectivity index (χ4n) is 3.29. The topological polar surface area (TPSA) is 95.5 Å². The van der Waals surface area contributed by atoms with Gasteiger partial charge in [0, 0.05) is 18.5 Å². The molecule has 0 bridgehead atoms. The summed E-state index contributed by atoms with van der Waals surface area (Å²) in [6, 6.07) is 16.1. The molecule has 2 rings (SSSR count). The van der Waals surface area contributed by atoms with E-state index in [2.05, 4.69) is 17.6 Å². The maximum absolute atomic E-state index is 12.7. The molecule has 0 saturated heterocycles. The van der Waals surface area contributed by atoms with Crippen LogP contribution in [0.5, 0.6) is 0 Å². The van der Waals surface area contributed by atoms with E-state index < -0.39 is 17.9 Å². The van der Waals surface area contributed by atoms with E-state index in [1.807, 2.05) is 42.5 Å². The highest BCUT2D eigenvalue weighted by molar-refractivity contribution is 5.98. The Morgan fingerprint density at radius 2 is 1.52 bits per heavy atom. The number of benzene rings is 2. The number of nitrogens with one attached hydrogen (secondary N) is 2. The maximum atomic E-state index is 12.7. The Morgan fingerprint density at radius 3 is 2.16 bits per heavy atom. The van der Waals surface area contributed by atoms with Crippen molar-refractivity contribution in [2.75, 3.05) is 6.54 Å². The molecule has 0 aliphatic carbocycles. The quantitative estimate of drug-likeness (QED) is 0.415. The van der Waals surface area contributed by atoms with Gasteiger partial charge >= 0.3 is 5.97 Å². The molecule has 2 amide bonds. The fourth-order valence-corrected chi connectivity index (χ4v) is 3.29. The summed E-state index contributed by atoms with van der Waals surface area (Å²) in [4.78, 5) is 36.2. The van der Waals surface area contributed by atoms with Crippen molar-refractivity contribution in [3.63, 3.8) is 0 Å². The molecule has 0 spiro atoms. The predicted octanol–water partition coefficient (Wildman–Crippen LogP) is 4.40. The number of unbranched alkanes of at least 4 members (excludes halogenated alkanes) is 4. The monoisotopic (exact) mass is 424 g/mol. The number of rotatable bonds is 13. The molecule has 0 radical (unpaired) electrons. The molecule has 0 aliphatic heterocycles. The highest BCUT2D eigenvalue weighted by Gasteiger charge is 2.22. The van der Waals surface area contributed by atoms with Gasteiger partial charge < -0.3 is 15.7 Å². The Kier molecular flexibility index (Phi) is 10.3. The third-order valence-corrected chi connectivity index (χ3v) is 5.10. The number of hydrogen-bond acceptors (Lipinski definition) is 3. The van der Waals surface area contributed by atoms with Crippen molar-refractivity contribution < 1.29 is 19.5 Å². The van der Waals surface area contributed by atoms with Crippen LogP contribution in [0, 0.1) is 0 Å². The van der Waals surface area contributed by atoms with Crippen LogP contribution in [-0.2, 0) is 9.59 Å². The minimum atomic E-state index is -1.00. The molecule has 1 atom stereocenters. The van der Waals surface area contributed by atoms with Crippen LogP contribution in [0.4, 0.5) is 0 Å². The van der Waals surface area contributed by atoms with Crippen molar-refractivity contribution in [2.24, 2.45) is 0 Å². The second kappa shape index (κ2) is 13.2. The highest BCUT2D eigenvalue weighted by Crippen LogP contribution is 2.19. The van der Waals surface area contributed by atoms with Gasteiger partial charge in [-0.15, -0.1) is 0 Å². The number of carboxylic acids is 1. The van der Waals surface area contributed by atoms with Crippen molar-refractivity contribution in [3.05, 3.63) is 60.2 Å². The van der Waals surface area contributed by atoms with Gasteiger partial charge in [0.05, 0.1) is 0 Å². The van der Waals surface area contributed by atoms with Gasteiger partial charge in [-0.3, -0.25) is 14.4 Å². The zero-order chi connectivity index (χ0) is 22.5. The molecule has 0 heterocycles. The minimum absolute atomic E-state index is 0.0465. The molecule has 31 heavy (non-hydrogen) atoms. The van der Waals surface area contributed by atoms with Gasteiger partial charge in [-0.2, -0.15) is 0 Å². The molecule has 0 aromatic heterocycles. The first-order valence-corrected chi connectivity index (χ1v) is 11.0. The van der Waals surface area contributed by atoms with Crippen LogP contribution in [0.15, 0.2) is 54.6 Å². The summed E-state index contributed by atoms with van der Waals surface area (Å²) in [6.07, 6.45) is 5.22.